The highest BCUT2D eigenvalue weighted by Gasteiger charge is 2.07. The highest BCUT2D eigenvalue weighted by molar-refractivity contribution is 9.11. The molecule has 4 heteroatoms. The summed E-state index contributed by atoms with van der Waals surface area (Å²) in [6.45, 7) is 0. The molecule has 0 aliphatic heterocycles. The van der Waals surface area contributed by atoms with E-state index in [0.29, 0.717) is 11.4 Å². The van der Waals surface area contributed by atoms with Crippen LogP contribution in [-0.4, -0.2) is 0 Å². The molecule has 0 atom stereocenters. The van der Waals surface area contributed by atoms with E-state index in [0.717, 1.165) is 14.5 Å². The zero-order valence-electron chi connectivity index (χ0n) is 5.94. The number of hydrogen-bond donors (Lipinski definition) is 0. The third-order valence-electron chi connectivity index (χ3n) is 1.43. The van der Waals surface area contributed by atoms with Crippen molar-refractivity contribution in [1.82, 2.24) is 0 Å². The fraction of sp³-hybridized carbons (Fsp3) is 0.125. The zero-order valence-corrected chi connectivity index (χ0v) is 9.87. The lowest BCUT2D eigenvalue weighted by Crippen LogP contribution is -1.86. The Bertz CT molecular complexity index is 344. The van der Waals surface area contributed by atoms with Crippen LogP contribution < -0.4 is 0 Å². The Morgan fingerprint density at radius 3 is 2.58 bits per heavy atom. The van der Waals surface area contributed by atoms with Crippen LogP contribution in [0.5, 0.6) is 0 Å². The summed E-state index contributed by atoms with van der Waals surface area (Å²) in [6.07, 6.45) is 0. The molecule has 0 heterocycles. The van der Waals surface area contributed by atoms with Crippen molar-refractivity contribution in [1.29, 1.82) is 5.26 Å². The van der Waals surface area contributed by atoms with Crippen LogP contribution in [-0.2, 0) is 5.88 Å². The fourth-order valence-electron chi connectivity index (χ4n) is 0.801. The highest BCUT2D eigenvalue weighted by atomic mass is 79.9. The first kappa shape index (κ1) is 10.0. The molecular formula is C8H4Br2ClN. The van der Waals surface area contributed by atoms with Crippen molar-refractivity contribution in [3.05, 3.63) is 32.2 Å². The molecule has 0 fully saturated rings. The average molecular weight is 309 g/mol. The number of alkyl halides is 1. The van der Waals surface area contributed by atoms with Gasteiger partial charge in [-0.3, -0.25) is 0 Å². The molecular weight excluding hydrogens is 305 g/mol. The summed E-state index contributed by atoms with van der Waals surface area (Å²) in [6, 6.07) is 5.78. The van der Waals surface area contributed by atoms with E-state index in [9.17, 15) is 0 Å². The fourth-order valence-corrected chi connectivity index (χ4v) is 2.45. The van der Waals surface area contributed by atoms with E-state index in [1.165, 1.54) is 0 Å². The third kappa shape index (κ3) is 1.82. The quantitative estimate of drug-likeness (QED) is 0.723. The second-order valence-corrected chi connectivity index (χ2v) is 4.06. The molecule has 0 N–H and O–H groups in total. The normalized spacial score (nSPS) is 9.50. The smallest absolute Gasteiger partial charge is 0.102 e. The first-order valence-corrected chi connectivity index (χ1v) is 5.25. The molecule has 1 aromatic carbocycles. The van der Waals surface area contributed by atoms with E-state index in [-0.39, 0.29) is 0 Å². The van der Waals surface area contributed by atoms with Crippen LogP contribution in [0.3, 0.4) is 0 Å². The molecule has 0 saturated carbocycles. The monoisotopic (exact) mass is 307 g/mol. The molecule has 0 aliphatic rings. The van der Waals surface area contributed by atoms with Gasteiger partial charge in [0.1, 0.15) is 6.07 Å². The summed E-state index contributed by atoms with van der Waals surface area (Å²) >= 11 is 12.2. The summed E-state index contributed by atoms with van der Waals surface area (Å²) in [5.41, 5.74) is 1.52. The van der Waals surface area contributed by atoms with Crippen LogP contribution >= 0.6 is 43.5 Å². The molecule has 0 spiro atoms. The van der Waals surface area contributed by atoms with Gasteiger partial charge in [-0.25, -0.2) is 0 Å². The van der Waals surface area contributed by atoms with E-state index in [1.54, 1.807) is 0 Å². The number of rotatable bonds is 1. The third-order valence-corrected chi connectivity index (χ3v) is 3.28. The highest BCUT2D eigenvalue weighted by Crippen LogP contribution is 2.28. The molecule has 62 valence electrons. The van der Waals surface area contributed by atoms with Crippen LogP contribution in [0.25, 0.3) is 0 Å². The van der Waals surface area contributed by atoms with Crippen LogP contribution in [0, 0.1) is 11.3 Å². The Morgan fingerprint density at radius 1 is 1.42 bits per heavy atom. The molecule has 0 aliphatic carbocycles. The summed E-state index contributed by atoms with van der Waals surface area (Å²) in [5, 5.41) is 8.77. The second-order valence-electron chi connectivity index (χ2n) is 2.14. The molecule has 1 rings (SSSR count). The lowest BCUT2D eigenvalue weighted by atomic mass is 10.1. The number of nitriles is 1. The maximum Gasteiger partial charge on any atom is 0.102 e. The van der Waals surface area contributed by atoms with Gasteiger partial charge >= 0.3 is 0 Å². The summed E-state index contributed by atoms with van der Waals surface area (Å²) in [5.74, 6) is 0.405. The van der Waals surface area contributed by atoms with Crippen molar-refractivity contribution in [3.63, 3.8) is 0 Å². The summed E-state index contributed by atoms with van der Waals surface area (Å²) in [7, 11) is 0. The second kappa shape index (κ2) is 4.27. The molecule has 0 radical (unpaired) electrons. The van der Waals surface area contributed by atoms with Crippen LogP contribution in [0.1, 0.15) is 11.1 Å². The van der Waals surface area contributed by atoms with Gasteiger partial charge in [0.15, 0.2) is 0 Å². The van der Waals surface area contributed by atoms with E-state index < -0.39 is 0 Å². The largest absolute Gasteiger partial charge is 0.192 e. The minimum absolute atomic E-state index is 0.405. The van der Waals surface area contributed by atoms with Gasteiger partial charge in [-0.15, -0.1) is 11.6 Å². The van der Waals surface area contributed by atoms with Crippen molar-refractivity contribution in [3.8, 4) is 6.07 Å². The van der Waals surface area contributed by atoms with E-state index in [4.69, 9.17) is 16.9 Å². The molecule has 1 nitrogen and oxygen atoms in total. The topological polar surface area (TPSA) is 23.8 Å². The Balaban J connectivity index is 3.36. The summed E-state index contributed by atoms with van der Waals surface area (Å²) < 4.78 is 1.56. The predicted octanol–water partition coefficient (Wildman–Crippen LogP) is 3.82. The first-order valence-electron chi connectivity index (χ1n) is 3.13. The van der Waals surface area contributed by atoms with Gasteiger partial charge in [0.2, 0.25) is 0 Å². The van der Waals surface area contributed by atoms with E-state index >= 15 is 0 Å². The predicted molar refractivity (Wildman–Crippen MR) is 56.1 cm³/mol. The zero-order chi connectivity index (χ0) is 9.14. The number of halogens is 3. The Labute approximate surface area is 92.6 Å². The van der Waals surface area contributed by atoms with Gasteiger partial charge in [0.25, 0.3) is 0 Å². The van der Waals surface area contributed by atoms with E-state index in [2.05, 4.69) is 37.9 Å². The van der Waals surface area contributed by atoms with Crippen LogP contribution in [0.2, 0.25) is 0 Å². The maximum absolute atomic E-state index is 8.77. The van der Waals surface area contributed by atoms with Gasteiger partial charge in [-0.05, 0) is 43.5 Å². The Kier molecular flexibility index (Phi) is 3.57. The van der Waals surface area contributed by atoms with Gasteiger partial charge in [-0.1, -0.05) is 6.07 Å². The minimum atomic E-state index is 0.405. The average Bonchev–Trinajstić information content (AvgIpc) is 2.06. The maximum atomic E-state index is 8.77. The van der Waals surface area contributed by atoms with Crippen molar-refractivity contribution in [2.75, 3.05) is 0 Å². The minimum Gasteiger partial charge on any atom is -0.192 e. The van der Waals surface area contributed by atoms with Crippen molar-refractivity contribution < 1.29 is 0 Å². The first-order chi connectivity index (χ1) is 5.70. The van der Waals surface area contributed by atoms with Gasteiger partial charge in [0.05, 0.1) is 5.56 Å². The van der Waals surface area contributed by atoms with Gasteiger partial charge in [0, 0.05) is 14.8 Å². The molecule has 0 amide bonds. The molecule has 1 aromatic rings. The molecule has 0 bridgehead atoms. The number of hydrogen-bond acceptors (Lipinski definition) is 1. The lowest BCUT2D eigenvalue weighted by Gasteiger charge is -2.03. The van der Waals surface area contributed by atoms with Gasteiger partial charge < -0.3 is 0 Å². The Morgan fingerprint density at radius 2 is 2.08 bits per heavy atom. The van der Waals surface area contributed by atoms with Crippen molar-refractivity contribution in [2.24, 2.45) is 0 Å². The van der Waals surface area contributed by atoms with Crippen molar-refractivity contribution >= 4 is 43.5 Å². The molecule has 0 saturated heterocycles. The molecule has 0 unspecified atom stereocenters. The SMILES string of the molecule is N#Cc1c(Br)ccc(CCl)c1Br. The molecule has 12 heavy (non-hydrogen) atoms. The number of nitrogens with zero attached hydrogens (tertiary/aromatic N) is 1. The van der Waals surface area contributed by atoms with Crippen molar-refractivity contribution in [2.45, 2.75) is 5.88 Å². The summed E-state index contributed by atoms with van der Waals surface area (Å²) in [4.78, 5) is 0. The van der Waals surface area contributed by atoms with Gasteiger partial charge in [-0.2, -0.15) is 5.26 Å². The Hall–Kier alpha value is -0.0400. The number of benzene rings is 1. The molecule has 0 aromatic heterocycles. The van der Waals surface area contributed by atoms with Crippen LogP contribution in [0.15, 0.2) is 21.1 Å². The lowest BCUT2D eigenvalue weighted by molar-refractivity contribution is 1.33. The standard InChI is InChI=1S/C8H4Br2ClN/c9-7-2-1-5(3-11)8(10)6(7)4-12/h1-2H,3H2. The van der Waals surface area contributed by atoms with Crippen LogP contribution in [0.4, 0.5) is 0 Å². The van der Waals surface area contributed by atoms with E-state index in [1.807, 2.05) is 12.1 Å².